The third-order valence-corrected chi connectivity index (χ3v) is 6.37. The molecule has 0 fully saturated rings. The van der Waals surface area contributed by atoms with Crippen molar-refractivity contribution in [1.29, 1.82) is 0 Å². The first kappa shape index (κ1) is 29.2. The van der Waals surface area contributed by atoms with Gasteiger partial charge in [0.2, 0.25) is 17.7 Å². The van der Waals surface area contributed by atoms with Gasteiger partial charge in [0.1, 0.15) is 17.8 Å². The lowest BCUT2D eigenvalue weighted by Gasteiger charge is -2.24. The maximum atomic E-state index is 13.2. The molecule has 2 aromatic rings. The van der Waals surface area contributed by atoms with E-state index in [1.807, 2.05) is 44.2 Å². The summed E-state index contributed by atoms with van der Waals surface area (Å²) in [5.74, 6) is -1.45. The van der Waals surface area contributed by atoms with Crippen LogP contribution in [0.2, 0.25) is 0 Å². The van der Waals surface area contributed by atoms with Gasteiger partial charge in [0.25, 0.3) is 0 Å². The van der Waals surface area contributed by atoms with Gasteiger partial charge < -0.3 is 32.3 Å². The quantitative estimate of drug-likeness (QED) is 0.163. The van der Waals surface area contributed by atoms with Gasteiger partial charge in [-0.05, 0) is 80.5 Å². The van der Waals surface area contributed by atoms with E-state index in [0.717, 1.165) is 35.2 Å². The summed E-state index contributed by atoms with van der Waals surface area (Å²) >= 11 is 0. The van der Waals surface area contributed by atoms with E-state index < -0.39 is 35.8 Å². The molecule has 0 bridgehead atoms. The summed E-state index contributed by atoms with van der Waals surface area (Å²) in [6.45, 7) is 4.43. The average molecular weight is 516 g/mol. The Bertz CT molecular complexity index is 1010. The maximum Gasteiger partial charge on any atom is 0.243 e. The SMILES string of the molecule is Cc1cc(O)cc(C)c1C[C@H](N)C(=O)N[C@@H](CCCCNP)C(=O)N[C@@H](Cc1ccccc1)C(N)=O. The number of phenolic OH excluding ortho intramolecular Hbond substituents is 1. The van der Waals surface area contributed by atoms with Crippen LogP contribution in [0.25, 0.3) is 0 Å². The minimum Gasteiger partial charge on any atom is -0.508 e. The van der Waals surface area contributed by atoms with Crippen LogP contribution in [0.5, 0.6) is 5.75 Å². The van der Waals surface area contributed by atoms with Gasteiger partial charge in [-0.2, -0.15) is 0 Å². The second kappa shape index (κ2) is 14.5. The summed E-state index contributed by atoms with van der Waals surface area (Å²) in [4.78, 5) is 38.2. The summed E-state index contributed by atoms with van der Waals surface area (Å²) in [6, 6.07) is 9.83. The van der Waals surface area contributed by atoms with Crippen LogP contribution in [0.3, 0.4) is 0 Å². The summed E-state index contributed by atoms with van der Waals surface area (Å²) in [5.41, 5.74) is 15.2. The number of unbranched alkanes of at least 4 members (excludes halogenated alkanes) is 1. The highest BCUT2D eigenvalue weighted by Gasteiger charge is 2.27. The molecular weight excluding hydrogens is 477 g/mol. The van der Waals surface area contributed by atoms with E-state index in [1.54, 1.807) is 12.1 Å². The van der Waals surface area contributed by atoms with Crippen LogP contribution in [0.4, 0.5) is 0 Å². The lowest BCUT2D eigenvalue weighted by atomic mass is 9.95. The molecule has 2 rings (SSSR count). The molecule has 4 atom stereocenters. The van der Waals surface area contributed by atoms with Crippen molar-refractivity contribution in [2.24, 2.45) is 11.5 Å². The van der Waals surface area contributed by atoms with Gasteiger partial charge in [-0.3, -0.25) is 14.4 Å². The number of nitrogens with one attached hydrogen (secondary N) is 3. The zero-order chi connectivity index (χ0) is 26.7. The average Bonchev–Trinajstić information content (AvgIpc) is 2.83. The van der Waals surface area contributed by atoms with Gasteiger partial charge in [0.05, 0.1) is 6.04 Å². The van der Waals surface area contributed by atoms with Gasteiger partial charge >= 0.3 is 0 Å². The molecule has 36 heavy (non-hydrogen) atoms. The number of carbonyl (C=O) groups is 3. The Hall–Kier alpha value is -3.00. The largest absolute Gasteiger partial charge is 0.508 e. The van der Waals surface area contributed by atoms with Gasteiger partial charge in [-0.25, -0.2) is 0 Å². The highest BCUT2D eigenvalue weighted by Crippen LogP contribution is 2.22. The monoisotopic (exact) mass is 515 g/mol. The van der Waals surface area contributed by atoms with Crippen LogP contribution in [0, 0.1) is 13.8 Å². The summed E-state index contributed by atoms with van der Waals surface area (Å²) in [6.07, 6.45) is 2.35. The topological polar surface area (TPSA) is 160 Å². The summed E-state index contributed by atoms with van der Waals surface area (Å²) in [5, 5.41) is 18.2. The van der Waals surface area contributed by atoms with Crippen molar-refractivity contribution in [3.05, 3.63) is 64.7 Å². The van der Waals surface area contributed by atoms with Crippen molar-refractivity contribution >= 4 is 27.1 Å². The number of aromatic hydroxyl groups is 1. The summed E-state index contributed by atoms with van der Waals surface area (Å²) in [7, 11) is 2.43. The van der Waals surface area contributed by atoms with Gasteiger partial charge in [-0.15, -0.1) is 0 Å². The van der Waals surface area contributed by atoms with Crippen LogP contribution >= 0.6 is 9.39 Å². The van der Waals surface area contributed by atoms with Crippen molar-refractivity contribution in [2.75, 3.05) is 6.54 Å². The zero-order valence-corrected chi connectivity index (χ0v) is 22.1. The molecule has 0 saturated heterocycles. The maximum absolute atomic E-state index is 13.2. The van der Waals surface area contributed by atoms with Gasteiger partial charge in [0.15, 0.2) is 0 Å². The lowest BCUT2D eigenvalue weighted by molar-refractivity contribution is -0.131. The third kappa shape index (κ3) is 9.22. The van der Waals surface area contributed by atoms with E-state index in [-0.39, 0.29) is 18.6 Å². The minimum atomic E-state index is -0.913. The Labute approximate surface area is 215 Å². The van der Waals surface area contributed by atoms with E-state index in [1.165, 1.54) is 0 Å². The molecule has 0 aromatic heterocycles. The van der Waals surface area contributed by atoms with E-state index in [0.29, 0.717) is 12.8 Å². The van der Waals surface area contributed by atoms with E-state index in [9.17, 15) is 19.5 Å². The first-order chi connectivity index (χ1) is 17.1. The van der Waals surface area contributed by atoms with Crippen LogP contribution < -0.4 is 27.2 Å². The molecule has 0 aliphatic carbocycles. The second-order valence-corrected chi connectivity index (χ2v) is 9.44. The molecule has 0 radical (unpaired) electrons. The number of primary amides is 1. The Morgan fingerprint density at radius 3 is 2.14 bits per heavy atom. The Morgan fingerprint density at radius 2 is 1.56 bits per heavy atom. The normalized spacial score (nSPS) is 13.4. The number of hydrogen-bond acceptors (Lipinski definition) is 6. The molecule has 0 aliphatic heterocycles. The zero-order valence-electron chi connectivity index (χ0n) is 20.9. The predicted molar refractivity (Wildman–Crippen MR) is 144 cm³/mol. The molecule has 2 aromatic carbocycles. The first-order valence-corrected chi connectivity index (χ1v) is 12.6. The molecule has 3 amide bonds. The Kier molecular flexibility index (Phi) is 11.8. The molecule has 0 saturated carbocycles. The van der Waals surface area contributed by atoms with Crippen LogP contribution in [0.1, 0.15) is 41.5 Å². The van der Waals surface area contributed by atoms with Crippen LogP contribution in [0.15, 0.2) is 42.5 Å². The molecule has 9 nitrogen and oxygen atoms in total. The molecule has 0 aliphatic rings. The van der Waals surface area contributed by atoms with E-state index in [4.69, 9.17) is 11.5 Å². The number of rotatable bonds is 14. The smallest absolute Gasteiger partial charge is 0.243 e. The van der Waals surface area contributed by atoms with Crippen molar-refractivity contribution in [3.63, 3.8) is 0 Å². The second-order valence-electron chi connectivity index (χ2n) is 9.03. The molecule has 1 unspecified atom stereocenters. The molecule has 196 valence electrons. The van der Waals surface area contributed by atoms with Crippen molar-refractivity contribution in [3.8, 4) is 5.75 Å². The number of aryl methyl sites for hydroxylation is 2. The van der Waals surface area contributed by atoms with Crippen LogP contribution in [-0.4, -0.2) is 47.5 Å². The first-order valence-electron chi connectivity index (χ1n) is 12.0. The van der Waals surface area contributed by atoms with Crippen LogP contribution in [-0.2, 0) is 27.2 Å². The minimum absolute atomic E-state index is 0.156. The summed E-state index contributed by atoms with van der Waals surface area (Å²) < 4.78 is 0. The Morgan fingerprint density at radius 1 is 0.944 bits per heavy atom. The third-order valence-electron chi connectivity index (χ3n) is 6.08. The predicted octanol–water partition coefficient (Wildman–Crippen LogP) is 1.13. The number of benzene rings is 2. The number of amides is 3. The molecule has 0 heterocycles. The molecular formula is C26H38N5O4P. The molecule has 0 spiro atoms. The van der Waals surface area contributed by atoms with Gasteiger partial charge in [0, 0.05) is 6.42 Å². The van der Waals surface area contributed by atoms with Crippen molar-refractivity contribution < 1.29 is 19.5 Å². The molecule has 10 heteroatoms. The standard InChI is InChI=1S/C26H38N5O4P/c1-16-12-19(32)13-17(2)20(16)15-21(27)25(34)30-22(10-6-7-11-29-36)26(35)31-23(24(28)33)14-18-8-4-3-5-9-18/h3-5,8-9,12-13,21-23,29,32H,6-7,10-11,14-15,27,36H2,1-2H3,(H2,28,33)(H,30,34)(H,31,35)/t21-,22-,23-/m0/s1. The fraction of sp³-hybridized carbons (Fsp3) is 0.423. The number of nitrogens with two attached hydrogens (primary N) is 2. The number of carbonyl (C=O) groups excluding carboxylic acids is 3. The molecule has 8 N–H and O–H groups in total. The lowest BCUT2D eigenvalue weighted by Crippen LogP contribution is -2.56. The number of phenols is 1. The highest BCUT2D eigenvalue weighted by molar-refractivity contribution is 7.13. The fourth-order valence-corrected chi connectivity index (χ4v) is 4.28. The van der Waals surface area contributed by atoms with Crippen molar-refractivity contribution in [2.45, 2.75) is 64.1 Å². The van der Waals surface area contributed by atoms with E-state index >= 15 is 0 Å². The van der Waals surface area contributed by atoms with Crippen molar-refractivity contribution in [1.82, 2.24) is 15.7 Å². The highest BCUT2D eigenvalue weighted by atomic mass is 31.0. The van der Waals surface area contributed by atoms with Gasteiger partial charge in [-0.1, -0.05) is 39.7 Å². The Balaban J connectivity index is 2.11. The van der Waals surface area contributed by atoms with E-state index in [2.05, 4.69) is 25.1 Å². The fourth-order valence-electron chi connectivity index (χ4n) is 4.07. The number of hydrogen-bond donors (Lipinski definition) is 6.